The molecule has 1 atom stereocenters. The molecule has 2 aromatic rings. The highest BCUT2D eigenvalue weighted by Gasteiger charge is 2.26. The first-order valence-corrected chi connectivity index (χ1v) is 6.66. The minimum absolute atomic E-state index is 0.554. The first-order valence-electron chi connectivity index (χ1n) is 6.66. The summed E-state index contributed by atoms with van der Waals surface area (Å²) in [6.07, 6.45) is 8.04. The third kappa shape index (κ3) is 1.95. The van der Waals surface area contributed by atoms with Crippen LogP contribution in [0.15, 0.2) is 24.7 Å². The van der Waals surface area contributed by atoms with Crippen LogP contribution in [0.3, 0.4) is 0 Å². The Balaban J connectivity index is 1.90. The standard InChI is InChI=1S/C13H19N5/c1-2-14-10-11-4-3-8-17(11)13-12-5-6-16-18(12)9-7-15-13/h5-7,9,11,14H,2-4,8,10H2,1H3. The number of hydrogen-bond donors (Lipinski definition) is 1. The van der Waals surface area contributed by atoms with Crippen molar-refractivity contribution in [3.63, 3.8) is 0 Å². The van der Waals surface area contributed by atoms with Gasteiger partial charge in [0.15, 0.2) is 5.82 Å². The number of anilines is 1. The van der Waals surface area contributed by atoms with E-state index < -0.39 is 0 Å². The van der Waals surface area contributed by atoms with Crippen LogP contribution in [0.4, 0.5) is 5.82 Å². The van der Waals surface area contributed by atoms with E-state index in [1.54, 1.807) is 0 Å². The van der Waals surface area contributed by atoms with Crippen molar-refractivity contribution in [3.05, 3.63) is 24.7 Å². The van der Waals surface area contributed by atoms with Crippen LogP contribution in [-0.2, 0) is 0 Å². The second kappa shape index (κ2) is 4.94. The van der Waals surface area contributed by atoms with Crippen LogP contribution in [0.1, 0.15) is 19.8 Å². The van der Waals surface area contributed by atoms with Gasteiger partial charge in [0.05, 0.1) is 6.20 Å². The molecule has 0 aliphatic carbocycles. The van der Waals surface area contributed by atoms with Crippen LogP contribution >= 0.6 is 0 Å². The summed E-state index contributed by atoms with van der Waals surface area (Å²) in [4.78, 5) is 6.97. The third-order valence-electron chi connectivity index (χ3n) is 3.58. The van der Waals surface area contributed by atoms with Crippen LogP contribution in [0.25, 0.3) is 5.52 Å². The van der Waals surface area contributed by atoms with Crippen molar-refractivity contribution in [1.82, 2.24) is 19.9 Å². The molecule has 0 spiro atoms. The number of nitrogens with one attached hydrogen (secondary N) is 1. The normalized spacial score (nSPS) is 19.8. The zero-order valence-corrected chi connectivity index (χ0v) is 10.7. The molecule has 5 heteroatoms. The van der Waals surface area contributed by atoms with E-state index in [0.29, 0.717) is 6.04 Å². The quantitative estimate of drug-likeness (QED) is 0.882. The number of fused-ring (bicyclic) bond motifs is 1. The Morgan fingerprint density at radius 3 is 3.28 bits per heavy atom. The highest BCUT2D eigenvalue weighted by Crippen LogP contribution is 2.26. The zero-order valence-electron chi connectivity index (χ0n) is 10.7. The number of likely N-dealkylation sites (N-methyl/N-ethyl adjacent to an activating group) is 1. The second-order valence-electron chi connectivity index (χ2n) is 4.71. The van der Waals surface area contributed by atoms with Gasteiger partial charge in [0.2, 0.25) is 0 Å². The molecule has 1 saturated heterocycles. The van der Waals surface area contributed by atoms with Crippen molar-refractivity contribution >= 4 is 11.3 Å². The molecule has 1 unspecified atom stereocenters. The predicted molar refractivity (Wildman–Crippen MR) is 71.9 cm³/mol. The number of hydrogen-bond acceptors (Lipinski definition) is 4. The van der Waals surface area contributed by atoms with E-state index >= 15 is 0 Å². The molecule has 1 aliphatic rings. The van der Waals surface area contributed by atoms with Crippen molar-refractivity contribution in [2.75, 3.05) is 24.5 Å². The fourth-order valence-electron chi connectivity index (χ4n) is 2.70. The molecule has 1 aliphatic heterocycles. The molecule has 18 heavy (non-hydrogen) atoms. The average Bonchev–Trinajstić information content (AvgIpc) is 3.04. The van der Waals surface area contributed by atoms with E-state index in [9.17, 15) is 0 Å². The van der Waals surface area contributed by atoms with Crippen LogP contribution < -0.4 is 10.2 Å². The average molecular weight is 245 g/mol. The van der Waals surface area contributed by atoms with E-state index in [4.69, 9.17) is 0 Å². The Hall–Kier alpha value is -1.62. The van der Waals surface area contributed by atoms with Gasteiger partial charge in [-0.3, -0.25) is 0 Å². The summed E-state index contributed by atoms with van der Waals surface area (Å²) in [6.45, 7) is 5.30. The molecule has 0 aromatic carbocycles. The molecule has 0 amide bonds. The summed E-state index contributed by atoms with van der Waals surface area (Å²) in [7, 11) is 0. The Bertz CT molecular complexity index is 521. The summed E-state index contributed by atoms with van der Waals surface area (Å²) in [6, 6.07) is 2.59. The van der Waals surface area contributed by atoms with E-state index in [0.717, 1.165) is 31.0 Å². The van der Waals surface area contributed by atoms with Gasteiger partial charge in [0.25, 0.3) is 0 Å². The third-order valence-corrected chi connectivity index (χ3v) is 3.58. The molecule has 0 radical (unpaired) electrons. The van der Waals surface area contributed by atoms with Crippen LogP contribution in [0.5, 0.6) is 0 Å². The molecule has 1 fully saturated rings. The van der Waals surface area contributed by atoms with Crippen molar-refractivity contribution in [3.8, 4) is 0 Å². The Morgan fingerprint density at radius 1 is 1.44 bits per heavy atom. The summed E-state index contributed by atoms with van der Waals surface area (Å²) in [5.41, 5.74) is 1.10. The number of rotatable bonds is 4. The van der Waals surface area contributed by atoms with Gasteiger partial charge in [0, 0.05) is 31.5 Å². The lowest BCUT2D eigenvalue weighted by atomic mass is 10.2. The molecular weight excluding hydrogens is 226 g/mol. The smallest absolute Gasteiger partial charge is 0.154 e. The summed E-state index contributed by atoms with van der Waals surface area (Å²) < 4.78 is 1.89. The summed E-state index contributed by atoms with van der Waals surface area (Å²) in [5.74, 6) is 1.07. The molecule has 3 heterocycles. The maximum absolute atomic E-state index is 4.56. The molecule has 0 bridgehead atoms. The van der Waals surface area contributed by atoms with E-state index in [1.165, 1.54) is 12.8 Å². The lowest BCUT2D eigenvalue weighted by molar-refractivity contribution is 0.585. The first-order chi connectivity index (χ1) is 8.90. The number of aromatic nitrogens is 3. The monoisotopic (exact) mass is 245 g/mol. The van der Waals surface area contributed by atoms with E-state index in [1.807, 2.05) is 29.2 Å². The van der Waals surface area contributed by atoms with Gasteiger partial charge in [0.1, 0.15) is 5.52 Å². The van der Waals surface area contributed by atoms with Crippen LogP contribution in [0.2, 0.25) is 0 Å². The van der Waals surface area contributed by atoms with E-state index in [2.05, 4.69) is 27.2 Å². The minimum atomic E-state index is 0.554. The van der Waals surface area contributed by atoms with Gasteiger partial charge in [-0.15, -0.1) is 0 Å². The second-order valence-corrected chi connectivity index (χ2v) is 4.71. The fourth-order valence-corrected chi connectivity index (χ4v) is 2.70. The zero-order chi connectivity index (χ0) is 12.4. The van der Waals surface area contributed by atoms with E-state index in [-0.39, 0.29) is 0 Å². The summed E-state index contributed by atoms with van der Waals surface area (Å²) >= 11 is 0. The molecule has 5 nitrogen and oxygen atoms in total. The predicted octanol–water partition coefficient (Wildman–Crippen LogP) is 1.31. The van der Waals surface area contributed by atoms with Gasteiger partial charge in [-0.05, 0) is 25.5 Å². The minimum Gasteiger partial charge on any atom is -0.351 e. The van der Waals surface area contributed by atoms with Gasteiger partial charge in [-0.2, -0.15) is 5.10 Å². The van der Waals surface area contributed by atoms with Gasteiger partial charge < -0.3 is 10.2 Å². The highest BCUT2D eigenvalue weighted by molar-refractivity contribution is 5.69. The van der Waals surface area contributed by atoms with Gasteiger partial charge in [-0.1, -0.05) is 6.92 Å². The Labute approximate surface area is 107 Å². The van der Waals surface area contributed by atoms with Crippen molar-refractivity contribution in [2.45, 2.75) is 25.8 Å². The molecule has 3 rings (SSSR count). The Morgan fingerprint density at radius 2 is 2.39 bits per heavy atom. The molecule has 2 aromatic heterocycles. The topological polar surface area (TPSA) is 45.5 Å². The summed E-state index contributed by atoms with van der Waals surface area (Å²) in [5, 5.41) is 7.71. The van der Waals surface area contributed by atoms with Crippen molar-refractivity contribution in [2.24, 2.45) is 0 Å². The highest BCUT2D eigenvalue weighted by atomic mass is 15.3. The Kier molecular flexibility index (Phi) is 3.15. The number of nitrogens with zero attached hydrogens (tertiary/aromatic N) is 4. The SMILES string of the molecule is CCNCC1CCCN1c1nccn2nccc12. The lowest BCUT2D eigenvalue weighted by Gasteiger charge is -2.26. The first kappa shape index (κ1) is 11.5. The molecule has 1 N–H and O–H groups in total. The maximum Gasteiger partial charge on any atom is 0.154 e. The molecular formula is C13H19N5. The van der Waals surface area contributed by atoms with Gasteiger partial charge in [-0.25, -0.2) is 9.50 Å². The maximum atomic E-state index is 4.56. The van der Waals surface area contributed by atoms with Crippen LogP contribution in [-0.4, -0.2) is 40.3 Å². The fraction of sp³-hybridized carbons (Fsp3) is 0.538. The molecule has 96 valence electrons. The van der Waals surface area contributed by atoms with Crippen molar-refractivity contribution < 1.29 is 0 Å². The lowest BCUT2D eigenvalue weighted by Crippen LogP contribution is -2.38. The largest absolute Gasteiger partial charge is 0.351 e. The van der Waals surface area contributed by atoms with Gasteiger partial charge >= 0.3 is 0 Å². The molecule has 0 saturated carbocycles. The van der Waals surface area contributed by atoms with Crippen LogP contribution in [0, 0.1) is 0 Å². The van der Waals surface area contributed by atoms with Crippen molar-refractivity contribution in [1.29, 1.82) is 0 Å².